The van der Waals surface area contributed by atoms with E-state index in [1.165, 1.54) is 0 Å². The molecule has 0 aromatic heterocycles. The third-order valence-electron chi connectivity index (χ3n) is 3.83. The molecule has 6 heteroatoms. The number of nitriles is 1. The Morgan fingerprint density at radius 1 is 1.29 bits per heavy atom. The van der Waals surface area contributed by atoms with Crippen molar-refractivity contribution in [2.24, 2.45) is 5.92 Å². The maximum Gasteiger partial charge on any atom is 0.408 e. The van der Waals surface area contributed by atoms with Crippen molar-refractivity contribution in [2.45, 2.75) is 51.3 Å². The van der Waals surface area contributed by atoms with Gasteiger partial charge in [-0.05, 0) is 30.7 Å². The van der Waals surface area contributed by atoms with Crippen molar-refractivity contribution in [3.8, 4) is 6.07 Å². The highest BCUT2D eigenvalue weighted by Gasteiger charge is 2.46. The number of nitrogens with zero attached hydrogens (tertiary/aromatic N) is 1. The number of rotatable bonds is 7. The van der Waals surface area contributed by atoms with E-state index < -0.39 is 23.6 Å². The largest absolute Gasteiger partial charge is 0.436 e. The van der Waals surface area contributed by atoms with Gasteiger partial charge in [0.15, 0.2) is 6.10 Å². The average Bonchev–Trinajstić information content (AvgIpc) is 3.33. The molecule has 0 saturated heterocycles. The van der Waals surface area contributed by atoms with Crippen molar-refractivity contribution in [3.63, 3.8) is 0 Å². The predicted octanol–water partition coefficient (Wildman–Crippen LogP) is 2.50. The van der Waals surface area contributed by atoms with Gasteiger partial charge in [0.25, 0.3) is 5.91 Å². The normalized spacial score (nSPS) is 15.9. The summed E-state index contributed by atoms with van der Waals surface area (Å²) >= 11 is 0. The molecule has 0 unspecified atom stereocenters. The van der Waals surface area contributed by atoms with E-state index in [1.54, 1.807) is 0 Å². The Morgan fingerprint density at radius 3 is 2.50 bits per heavy atom. The average molecular weight is 329 g/mol. The summed E-state index contributed by atoms with van der Waals surface area (Å²) in [5.74, 6) is -0.225. The van der Waals surface area contributed by atoms with Gasteiger partial charge < -0.3 is 15.4 Å². The van der Waals surface area contributed by atoms with Gasteiger partial charge in [-0.2, -0.15) is 5.26 Å². The van der Waals surface area contributed by atoms with Crippen molar-refractivity contribution in [1.82, 2.24) is 10.6 Å². The molecule has 1 fully saturated rings. The molecule has 1 saturated carbocycles. The highest BCUT2D eigenvalue weighted by molar-refractivity contribution is 5.84. The fourth-order valence-electron chi connectivity index (χ4n) is 2.28. The zero-order valence-electron chi connectivity index (χ0n) is 14.0. The lowest BCUT2D eigenvalue weighted by Gasteiger charge is -2.21. The molecule has 24 heavy (non-hydrogen) atoms. The summed E-state index contributed by atoms with van der Waals surface area (Å²) in [6.45, 7) is 4.23. The third-order valence-corrected chi connectivity index (χ3v) is 3.83. The van der Waals surface area contributed by atoms with Crippen LogP contribution in [-0.4, -0.2) is 23.6 Å². The Bertz CT molecular complexity index is 618. The molecule has 1 aliphatic carbocycles. The number of hydrogen-bond acceptors (Lipinski definition) is 4. The number of carbonyl (C=O) groups excluding carboxylic acids is 2. The van der Waals surface area contributed by atoms with Gasteiger partial charge >= 0.3 is 6.09 Å². The Hall–Kier alpha value is -2.55. The molecule has 0 bridgehead atoms. The molecule has 1 aromatic carbocycles. The van der Waals surface area contributed by atoms with Gasteiger partial charge in [0.2, 0.25) is 0 Å². The van der Waals surface area contributed by atoms with Crippen LogP contribution in [0.2, 0.25) is 0 Å². The molecule has 2 rings (SSSR count). The number of carbonyl (C=O) groups is 2. The minimum absolute atomic E-state index is 0.180. The molecule has 0 aliphatic heterocycles. The summed E-state index contributed by atoms with van der Waals surface area (Å²) in [5, 5.41) is 14.4. The molecular weight excluding hydrogens is 306 g/mol. The first-order valence-electron chi connectivity index (χ1n) is 8.16. The number of alkyl carbamates (subject to hydrolysis) is 1. The first kappa shape index (κ1) is 17.8. The minimum Gasteiger partial charge on any atom is -0.436 e. The lowest BCUT2D eigenvalue weighted by Crippen LogP contribution is -2.45. The molecule has 2 amide bonds. The summed E-state index contributed by atoms with van der Waals surface area (Å²) in [5.41, 5.74) is 0.177. The van der Waals surface area contributed by atoms with E-state index in [4.69, 9.17) is 10.00 Å². The van der Waals surface area contributed by atoms with Gasteiger partial charge in [-0.3, -0.25) is 4.79 Å². The van der Waals surface area contributed by atoms with E-state index >= 15 is 0 Å². The van der Waals surface area contributed by atoms with Crippen molar-refractivity contribution in [1.29, 1.82) is 5.26 Å². The SMILES string of the molecule is CC(C)C[C@H](OC(=O)NCc1ccccc1)C(=O)NC1(C#N)CC1. The number of hydrogen-bond donors (Lipinski definition) is 2. The maximum atomic E-state index is 12.3. The van der Waals surface area contributed by atoms with E-state index in [9.17, 15) is 9.59 Å². The van der Waals surface area contributed by atoms with Crippen molar-refractivity contribution in [3.05, 3.63) is 35.9 Å². The highest BCUT2D eigenvalue weighted by Crippen LogP contribution is 2.34. The summed E-state index contributed by atoms with van der Waals surface area (Å²) < 4.78 is 5.29. The van der Waals surface area contributed by atoms with E-state index in [0.717, 1.165) is 5.56 Å². The molecule has 2 N–H and O–H groups in total. The maximum absolute atomic E-state index is 12.3. The number of benzene rings is 1. The van der Waals surface area contributed by atoms with Gasteiger partial charge in [-0.15, -0.1) is 0 Å². The minimum atomic E-state index is -0.897. The van der Waals surface area contributed by atoms with Crippen LogP contribution in [-0.2, 0) is 16.1 Å². The summed E-state index contributed by atoms with van der Waals surface area (Å²) in [6.07, 6.45) is 0.160. The van der Waals surface area contributed by atoms with Crippen LogP contribution in [0.3, 0.4) is 0 Å². The van der Waals surface area contributed by atoms with Crippen LogP contribution in [0.4, 0.5) is 4.79 Å². The smallest absolute Gasteiger partial charge is 0.408 e. The van der Waals surface area contributed by atoms with Crippen LogP contribution in [0.5, 0.6) is 0 Å². The third kappa shape index (κ3) is 5.27. The van der Waals surface area contributed by atoms with E-state index in [2.05, 4.69) is 16.7 Å². The first-order valence-corrected chi connectivity index (χ1v) is 8.16. The van der Waals surface area contributed by atoms with Gasteiger partial charge in [-0.25, -0.2) is 4.79 Å². The van der Waals surface area contributed by atoms with Crippen LogP contribution in [0, 0.1) is 17.2 Å². The molecule has 1 aliphatic rings. The molecule has 1 aromatic rings. The first-order chi connectivity index (χ1) is 11.4. The quantitative estimate of drug-likeness (QED) is 0.804. The lowest BCUT2D eigenvalue weighted by atomic mass is 10.0. The van der Waals surface area contributed by atoms with Crippen LogP contribution in [0.25, 0.3) is 0 Å². The Morgan fingerprint density at radius 2 is 1.96 bits per heavy atom. The Kier molecular flexibility index (Phi) is 5.80. The molecular formula is C18H23N3O3. The van der Waals surface area contributed by atoms with Crippen LogP contribution in [0.15, 0.2) is 30.3 Å². The van der Waals surface area contributed by atoms with E-state index in [0.29, 0.717) is 25.8 Å². The summed E-state index contributed by atoms with van der Waals surface area (Å²) in [4.78, 5) is 24.3. The van der Waals surface area contributed by atoms with Gasteiger partial charge in [-0.1, -0.05) is 44.2 Å². The second-order valence-electron chi connectivity index (χ2n) is 6.55. The summed E-state index contributed by atoms with van der Waals surface area (Å²) in [7, 11) is 0. The molecule has 128 valence electrons. The second-order valence-corrected chi connectivity index (χ2v) is 6.55. The van der Waals surface area contributed by atoms with Gasteiger partial charge in [0.05, 0.1) is 6.07 Å². The monoisotopic (exact) mass is 329 g/mol. The Labute approximate surface area is 142 Å². The predicted molar refractivity (Wildman–Crippen MR) is 88.7 cm³/mol. The van der Waals surface area contributed by atoms with Gasteiger partial charge in [0, 0.05) is 6.54 Å². The number of ether oxygens (including phenoxy) is 1. The molecule has 0 radical (unpaired) electrons. The standard InChI is InChI=1S/C18H23N3O3/c1-13(2)10-15(16(22)21-18(12-19)8-9-18)24-17(23)20-11-14-6-4-3-5-7-14/h3-7,13,15H,8-11H2,1-2H3,(H,20,23)(H,21,22)/t15-/m0/s1. The molecule has 0 heterocycles. The van der Waals surface area contributed by atoms with Crippen LogP contribution in [0.1, 0.15) is 38.7 Å². The fraction of sp³-hybridized carbons (Fsp3) is 0.500. The van der Waals surface area contributed by atoms with Gasteiger partial charge in [0.1, 0.15) is 5.54 Å². The van der Waals surface area contributed by atoms with Crippen molar-refractivity contribution in [2.75, 3.05) is 0 Å². The fourth-order valence-corrected chi connectivity index (χ4v) is 2.28. The number of amides is 2. The topological polar surface area (TPSA) is 91.2 Å². The number of nitrogens with one attached hydrogen (secondary N) is 2. The lowest BCUT2D eigenvalue weighted by molar-refractivity contribution is -0.131. The second kappa shape index (κ2) is 7.82. The molecule has 6 nitrogen and oxygen atoms in total. The summed E-state index contributed by atoms with van der Waals surface area (Å²) in [6, 6.07) is 11.5. The zero-order valence-corrected chi connectivity index (χ0v) is 14.0. The Balaban J connectivity index is 1.89. The highest BCUT2D eigenvalue weighted by atomic mass is 16.6. The van der Waals surface area contributed by atoms with Crippen molar-refractivity contribution < 1.29 is 14.3 Å². The van der Waals surface area contributed by atoms with E-state index in [1.807, 2.05) is 44.2 Å². The molecule has 0 spiro atoms. The van der Waals surface area contributed by atoms with Crippen LogP contribution < -0.4 is 10.6 Å². The van der Waals surface area contributed by atoms with Crippen LogP contribution >= 0.6 is 0 Å². The van der Waals surface area contributed by atoms with Crippen molar-refractivity contribution >= 4 is 12.0 Å². The van der Waals surface area contributed by atoms with E-state index in [-0.39, 0.29) is 5.92 Å². The zero-order chi connectivity index (χ0) is 17.6. The molecule has 1 atom stereocenters.